The largest absolute Gasteiger partial charge is 0.467 e. The summed E-state index contributed by atoms with van der Waals surface area (Å²) in [6, 6.07) is 5.48. The summed E-state index contributed by atoms with van der Waals surface area (Å²) < 4.78 is 9.34. The number of carbonyl (C=O) groups is 1. The highest BCUT2D eigenvalue weighted by molar-refractivity contribution is 7.17. The van der Waals surface area contributed by atoms with Gasteiger partial charge in [0.05, 0.1) is 18.3 Å². The maximum atomic E-state index is 12.5. The molecule has 4 aromatic rings. The van der Waals surface area contributed by atoms with Crippen LogP contribution in [0.15, 0.2) is 39.1 Å². The lowest BCUT2D eigenvalue weighted by Gasteiger charge is -2.07. The van der Waals surface area contributed by atoms with Gasteiger partial charge in [-0.05, 0) is 30.5 Å². The first-order valence-corrected chi connectivity index (χ1v) is 9.20. The van der Waals surface area contributed by atoms with Crippen LogP contribution in [0.4, 0.5) is 0 Å². The zero-order valence-electron chi connectivity index (χ0n) is 14.1. The van der Waals surface area contributed by atoms with Crippen LogP contribution in [0.3, 0.4) is 0 Å². The number of aryl methyl sites for hydroxylation is 2. The van der Waals surface area contributed by atoms with E-state index in [0.717, 1.165) is 5.52 Å². The minimum Gasteiger partial charge on any atom is -0.467 e. The summed E-state index contributed by atoms with van der Waals surface area (Å²) in [4.78, 5) is 24.6. The molecule has 0 bridgehead atoms. The molecule has 1 N–H and O–H groups in total. The topological polar surface area (TPSA) is 94.4 Å². The number of nitrogens with one attached hydrogen (secondary N) is 1. The fourth-order valence-electron chi connectivity index (χ4n) is 2.94. The van der Waals surface area contributed by atoms with Crippen molar-refractivity contribution in [1.29, 1.82) is 0 Å². The van der Waals surface area contributed by atoms with E-state index in [2.05, 4.69) is 15.5 Å². The molecular weight excluding hydrogens is 354 g/mol. The van der Waals surface area contributed by atoms with E-state index >= 15 is 0 Å². The van der Waals surface area contributed by atoms with Gasteiger partial charge < -0.3 is 9.73 Å². The van der Waals surface area contributed by atoms with Crippen LogP contribution in [-0.2, 0) is 24.3 Å². The van der Waals surface area contributed by atoms with Crippen molar-refractivity contribution in [3.63, 3.8) is 0 Å². The summed E-state index contributed by atoms with van der Waals surface area (Å²) in [6.07, 6.45) is 2.28. The predicted octanol–water partition coefficient (Wildman–Crippen LogP) is 1.97. The smallest absolute Gasteiger partial charge is 0.272 e. The van der Waals surface area contributed by atoms with Crippen molar-refractivity contribution in [1.82, 2.24) is 24.5 Å². The number of fused-ring (bicyclic) bond motifs is 3. The van der Waals surface area contributed by atoms with Gasteiger partial charge in [-0.15, -0.1) is 21.5 Å². The minimum atomic E-state index is -0.0940. The molecule has 134 valence electrons. The van der Waals surface area contributed by atoms with Crippen molar-refractivity contribution in [2.75, 3.05) is 0 Å². The second-order valence-corrected chi connectivity index (χ2v) is 6.71. The normalized spacial score (nSPS) is 11.4. The summed E-state index contributed by atoms with van der Waals surface area (Å²) in [7, 11) is 0. The number of carbonyl (C=O) groups excluding carboxylic acids is 1. The van der Waals surface area contributed by atoms with E-state index < -0.39 is 0 Å². The molecule has 4 heterocycles. The summed E-state index contributed by atoms with van der Waals surface area (Å²) in [5.41, 5.74) is 0.732. The molecule has 4 aromatic heterocycles. The van der Waals surface area contributed by atoms with E-state index in [0.29, 0.717) is 41.6 Å². The van der Waals surface area contributed by atoms with Crippen LogP contribution in [0, 0.1) is 0 Å². The summed E-state index contributed by atoms with van der Waals surface area (Å²) in [6.45, 7) is 2.77. The number of hydrogen-bond donors (Lipinski definition) is 1. The Bertz CT molecular complexity index is 1120. The average Bonchev–Trinajstić information content (AvgIpc) is 3.38. The molecule has 0 aromatic carbocycles. The SMILES string of the molecule is CCn1c(=O)c2sccc2n2c(CCC(=O)NCc3ccco3)nnc12. The van der Waals surface area contributed by atoms with Crippen LogP contribution in [0.1, 0.15) is 24.9 Å². The van der Waals surface area contributed by atoms with E-state index in [-0.39, 0.29) is 17.9 Å². The lowest BCUT2D eigenvalue weighted by Crippen LogP contribution is -2.23. The molecule has 0 aliphatic rings. The molecule has 4 rings (SSSR count). The number of hydrogen-bond acceptors (Lipinski definition) is 6. The van der Waals surface area contributed by atoms with Crippen LogP contribution < -0.4 is 10.9 Å². The fourth-order valence-corrected chi connectivity index (χ4v) is 3.76. The Kier molecular flexibility index (Phi) is 4.29. The van der Waals surface area contributed by atoms with Gasteiger partial charge in [0.1, 0.15) is 16.3 Å². The predicted molar refractivity (Wildman–Crippen MR) is 97.2 cm³/mol. The molecule has 0 fully saturated rings. The Morgan fingerprint density at radius 2 is 2.23 bits per heavy atom. The Labute approximate surface area is 152 Å². The third kappa shape index (κ3) is 2.80. The lowest BCUT2D eigenvalue weighted by molar-refractivity contribution is -0.121. The van der Waals surface area contributed by atoms with Crippen molar-refractivity contribution in [2.45, 2.75) is 32.9 Å². The molecule has 1 amide bonds. The zero-order valence-corrected chi connectivity index (χ0v) is 15.0. The molecule has 0 unspecified atom stereocenters. The lowest BCUT2D eigenvalue weighted by atomic mass is 10.2. The van der Waals surface area contributed by atoms with E-state index in [1.54, 1.807) is 16.9 Å². The van der Waals surface area contributed by atoms with E-state index in [1.165, 1.54) is 11.3 Å². The second kappa shape index (κ2) is 6.75. The third-order valence-corrected chi connectivity index (χ3v) is 5.10. The number of thiophene rings is 1. The van der Waals surface area contributed by atoms with E-state index in [1.807, 2.05) is 28.8 Å². The summed E-state index contributed by atoms with van der Waals surface area (Å²) >= 11 is 1.40. The van der Waals surface area contributed by atoms with Gasteiger partial charge in [0, 0.05) is 19.4 Å². The van der Waals surface area contributed by atoms with Gasteiger partial charge in [0.15, 0.2) is 0 Å². The van der Waals surface area contributed by atoms with E-state index in [4.69, 9.17) is 4.42 Å². The quantitative estimate of drug-likeness (QED) is 0.559. The average molecular weight is 371 g/mol. The standard InChI is InChI=1S/C17H17N5O3S/c1-2-21-16(24)15-12(7-9-26-15)22-13(19-20-17(21)22)5-6-14(23)18-10-11-4-3-8-25-11/h3-4,7-9H,2,5-6,10H2,1H3,(H,18,23). The van der Waals surface area contributed by atoms with Gasteiger partial charge in [0.2, 0.25) is 11.7 Å². The van der Waals surface area contributed by atoms with Crippen LogP contribution in [0.5, 0.6) is 0 Å². The first kappa shape index (κ1) is 16.5. The van der Waals surface area contributed by atoms with Crippen molar-refractivity contribution in [2.24, 2.45) is 0 Å². The van der Waals surface area contributed by atoms with Crippen molar-refractivity contribution < 1.29 is 9.21 Å². The molecule has 0 saturated heterocycles. The minimum absolute atomic E-state index is 0.0554. The Morgan fingerprint density at radius 3 is 3.00 bits per heavy atom. The molecule has 0 radical (unpaired) electrons. The highest BCUT2D eigenvalue weighted by Crippen LogP contribution is 2.20. The first-order valence-electron chi connectivity index (χ1n) is 8.32. The molecule has 0 aliphatic carbocycles. The van der Waals surface area contributed by atoms with Crippen LogP contribution in [-0.4, -0.2) is 25.1 Å². The summed E-state index contributed by atoms with van der Waals surface area (Å²) in [5, 5.41) is 13.1. The number of furan rings is 1. The number of nitrogens with zero attached hydrogens (tertiary/aromatic N) is 4. The van der Waals surface area contributed by atoms with Gasteiger partial charge in [-0.25, -0.2) is 0 Å². The molecule has 26 heavy (non-hydrogen) atoms. The fraction of sp³-hybridized carbons (Fsp3) is 0.294. The molecule has 0 atom stereocenters. The molecule has 8 nitrogen and oxygen atoms in total. The summed E-state index contributed by atoms with van der Waals surface area (Å²) in [5.74, 6) is 1.79. The van der Waals surface area contributed by atoms with Gasteiger partial charge in [-0.3, -0.25) is 18.6 Å². The Morgan fingerprint density at radius 1 is 1.35 bits per heavy atom. The van der Waals surface area contributed by atoms with Gasteiger partial charge in [-0.2, -0.15) is 0 Å². The molecular formula is C17H17N5O3S. The zero-order chi connectivity index (χ0) is 18.1. The second-order valence-electron chi connectivity index (χ2n) is 5.79. The molecule has 0 saturated carbocycles. The van der Waals surface area contributed by atoms with Crippen LogP contribution in [0.25, 0.3) is 16.0 Å². The highest BCUT2D eigenvalue weighted by Gasteiger charge is 2.17. The van der Waals surface area contributed by atoms with Gasteiger partial charge in [-0.1, -0.05) is 0 Å². The molecule has 0 spiro atoms. The van der Waals surface area contributed by atoms with Gasteiger partial charge in [0.25, 0.3) is 5.56 Å². The molecule has 0 aliphatic heterocycles. The Balaban J connectivity index is 1.58. The first-order chi connectivity index (χ1) is 12.7. The monoisotopic (exact) mass is 371 g/mol. The third-order valence-electron chi connectivity index (χ3n) is 4.21. The van der Waals surface area contributed by atoms with E-state index in [9.17, 15) is 9.59 Å². The number of aromatic nitrogens is 4. The van der Waals surface area contributed by atoms with Crippen molar-refractivity contribution in [3.05, 3.63) is 51.8 Å². The number of rotatable bonds is 6. The maximum absolute atomic E-state index is 12.5. The number of amides is 1. The highest BCUT2D eigenvalue weighted by atomic mass is 32.1. The van der Waals surface area contributed by atoms with Crippen LogP contribution >= 0.6 is 11.3 Å². The Hall–Kier alpha value is -2.94. The van der Waals surface area contributed by atoms with Crippen molar-refractivity contribution >= 4 is 33.2 Å². The van der Waals surface area contributed by atoms with Gasteiger partial charge >= 0.3 is 0 Å². The van der Waals surface area contributed by atoms with Crippen LogP contribution in [0.2, 0.25) is 0 Å². The molecule has 9 heteroatoms. The maximum Gasteiger partial charge on any atom is 0.272 e. The van der Waals surface area contributed by atoms with Crippen molar-refractivity contribution in [3.8, 4) is 0 Å².